The molecule has 3 unspecified atom stereocenters. The van der Waals surface area contributed by atoms with E-state index >= 15 is 0 Å². The summed E-state index contributed by atoms with van der Waals surface area (Å²) in [5.41, 5.74) is 7.12. The normalized spacial score (nSPS) is 23.7. The monoisotopic (exact) mass is 331 g/mol. The lowest BCUT2D eigenvalue weighted by molar-refractivity contribution is -0.122. The third-order valence-corrected chi connectivity index (χ3v) is 5.08. The zero-order chi connectivity index (χ0) is 17.7. The van der Waals surface area contributed by atoms with E-state index in [0.717, 1.165) is 30.5 Å². The number of hydrogen-bond acceptors (Lipinski definition) is 3. The molecule has 1 aromatic rings. The molecule has 3 atom stereocenters. The Balaban J connectivity index is 1.83. The molecule has 0 spiro atoms. The summed E-state index contributed by atoms with van der Waals surface area (Å²) in [6.45, 7) is 11.9. The molecule has 134 valence electrons. The highest BCUT2D eigenvalue weighted by atomic mass is 16.1. The van der Waals surface area contributed by atoms with Gasteiger partial charge in [0, 0.05) is 37.6 Å². The van der Waals surface area contributed by atoms with Crippen LogP contribution in [-0.4, -0.2) is 36.0 Å². The van der Waals surface area contributed by atoms with Crippen molar-refractivity contribution in [3.05, 3.63) is 35.9 Å². The minimum Gasteiger partial charge on any atom is -0.354 e. The number of piperidine rings is 1. The fourth-order valence-electron chi connectivity index (χ4n) is 3.67. The Hall–Kier alpha value is -1.39. The molecule has 1 saturated heterocycles. The van der Waals surface area contributed by atoms with Crippen molar-refractivity contribution >= 4 is 5.91 Å². The van der Waals surface area contributed by atoms with Gasteiger partial charge in [-0.05, 0) is 37.7 Å². The van der Waals surface area contributed by atoms with Gasteiger partial charge in [0.15, 0.2) is 0 Å². The minimum atomic E-state index is -0.246. The molecule has 24 heavy (non-hydrogen) atoms. The molecular formula is C20H33N3O. The van der Waals surface area contributed by atoms with Gasteiger partial charge in [0.25, 0.3) is 0 Å². The predicted molar refractivity (Wildman–Crippen MR) is 99.6 cm³/mol. The van der Waals surface area contributed by atoms with Crippen molar-refractivity contribution in [3.63, 3.8) is 0 Å². The smallest absolute Gasteiger partial charge is 0.221 e. The van der Waals surface area contributed by atoms with Crippen LogP contribution in [0, 0.1) is 11.8 Å². The lowest BCUT2D eigenvalue weighted by Gasteiger charge is -2.45. The molecule has 1 heterocycles. The standard InChI is InChI=1S/C20H33N3O/c1-15-10-16(2)13-23(12-15)20(3,4)14-22-19(24)11-18(21)17-8-6-5-7-9-17/h5-9,15-16,18H,10-14,21H2,1-4H3,(H,22,24). The molecule has 4 heteroatoms. The van der Waals surface area contributed by atoms with Crippen molar-refractivity contribution in [1.29, 1.82) is 0 Å². The van der Waals surface area contributed by atoms with Crippen molar-refractivity contribution in [2.45, 2.75) is 52.1 Å². The fraction of sp³-hybridized carbons (Fsp3) is 0.650. The second kappa shape index (κ2) is 8.13. The summed E-state index contributed by atoms with van der Waals surface area (Å²) >= 11 is 0. The number of likely N-dealkylation sites (tertiary alicyclic amines) is 1. The van der Waals surface area contributed by atoms with Crippen molar-refractivity contribution in [2.24, 2.45) is 17.6 Å². The number of carbonyl (C=O) groups is 1. The Morgan fingerprint density at radius 3 is 2.42 bits per heavy atom. The Kier molecular flexibility index (Phi) is 6.41. The van der Waals surface area contributed by atoms with Crippen LogP contribution in [0.3, 0.4) is 0 Å². The molecule has 3 N–H and O–H groups in total. The average molecular weight is 332 g/mol. The number of hydrogen-bond donors (Lipinski definition) is 2. The van der Waals surface area contributed by atoms with Crippen LogP contribution in [0.25, 0.3) is 0 Å². The third-order valence-electron chi connectivity index (χ3n) is 5.08. The number of carbonyl (C=O) groups excluding carboxylic acids is 1. The van der Waals surface area contributed by atoms with Crippen LogP contribution in [0.5, 0.6) is 0 Å². The van der Waals surface area contributed by atoms with E-state index in [-0.39, 0.29) is 17.5 Å². The van der Waals surface area contributed by atoms with E-state index in [4.69, 9.17) is 5.73 Å². The maximum absolute atomic E-state index is 12.3. The zero-order valence-electron chi connectivity index (χ0n) is 15.6. The molecule has 1 aliphatic heterocycles. The minimum absolute atomic E-state index is 0.0255. The summed E-state index contributed by atoms with van der Waals surface area (Å²) in [6.07, 6.45) is 1.62. The molecule has 1 aromatic carbocycles. The molecule has 1 amide bonds. The molecule has 4 nitrogen and oxygen atoms in total. The Labute approximate surface area is 146 Å². The number of rotatable bonds is 6. The Bertz CT molecular complexity index is 519. The Morgan fingerprint density at radius 2 is 1.83 bits per heavy atom. The van der Waals surface area contributed by atoms with Gasteiger partial charge in [-0.2, -0.15) is 0 Å². The summed E-state index contributed by atoms with van der Waals surface area (Å²) in [4.78, 5) is 14.8. The van der Waals surface area contributed by atoms with Gasteiger partial charge in [-0.15, -0.1) is 0 Å². The molecule has 0 aliphatic carbocycles. The average Bonchev–Trinajstić information content (AvgIpc) is 2.53. The van der Waals surface area contributed by atoms with Gasteiger partial charge in [-0.1, -0.05) is 44.2 Å². The van der Waals surface area contributed by atoms with E-state index in [1.54, 1.807) is 0 Å². The van der Waals surface area contributed by atoms with Gasteiger partial charge in [-0.25, -0.2) is 0 Å². The molecule has 0 aromatic heterocycles. The maximum atomic E-state index is 12.3. The molecule has 1 fully saturated rings. The van der Waals surface area contributed by atoms with Crippen molar-refractivity contribution in [1.82, 2.24) is 10.2 Å². The maximum Gasteiger partial charge on any atom is 0.221 e. The number of nitrogens with one attached hydrogen (secondary N) is 1. The summed E-state index contributed by atoms with van der Waals surface area (Å²) in [7, 11) is 0. The fourth-order valence-corrected chi connectivity index (χ4v) is 3.67. The van der Waals surface area contributed by atoms with Gasteiger partial charge in [0.05, 0.1) is 0 Å². The highest BCUT2D eigenvalue weighted by Crippen LogP contribution is 2.27. The first-order valence-electron chi connectivity index (χ1n) is 9.10. The summed E-state index contributed by atoms with van der Waals surface area (Å²) in [5, 5.41) is 3.09. The predicted octanol–water partition coefficient (Wildman–Crippen LogP) is 2.95. The largest absolute Gasteiger partial charge is 0.354 e. The topological polar surface area (TPSA) is 58.4 Å². The first kappa shape index (κ1) is 18.9. The zero-order valence-corrected chi connectivity index (χ0v) is 15.6. The second-order valence-corrected chi connectivity index (χ2v) is 8.16. The SMILES string of the molecule is CC1CC(C)CN(C(C)(C)CNC(=O)CC(N)c2ccccc2)C1. The van der Waals surface area contributed by atoms with Gasteiger partial charge >= 0.3 is 0 Å². The Morgan fingerprint density at radius 1 is 1.25 bits per heavy atom. The summed E-state index contributed by atoms with van der Waals surface area (Å²) in [5.74, 6) is 1.46. The molecule has 0 saturated carbocycles. The van der Waals surface area contributed by atoms with Crippen molar-refractivity contribution in [3.8, 4) is 0 Å². The van der Waals surface area contributed by atoms with Crippen LogP contribution < -0.4 is 11.1 Å². The van der Waals surface area contributed by atoms with E-state index in [0.29, 0.717) is 13.0 Å². The lowest BCUT2D eigenvalue weighted by atomic mass is 9.88. The van der Waals surface area contributed by atoms with E-state index < -0.39 is 0 Å². The lowest BCUT2D eigenvalue weighted by Crippen LogP contribution is -2.56. The second-order valence-electron chi connectivity index (χ2n) is 8.16. The van der Waals surface area contributed by atoms with Crippen molar-refractivity contribution in [2.75, 3.05) is 19.6 Å². The van der Waals surface area contributed by atoms with Crippen molar-refractivity contribution < 1.29 is 4.79 Å². The number of nitrogens with two attached hydrogens (primary N) is 1. The van der Waals surface area contributed by atoms with E-state index in [9.17, 15) is 4.79 Å². The molecule has 1 aliphatic rings. The first-order valence-corrected chi connectivity index (χ1v) is 9.10. The van der Waals surface area contributed by atoms with Crippen LogP contribution >= 0.6 is 0 Å². The molecule has 2 rings (SSSR count). The quantitative estimate of drug-likeness (QED) is 0.842. The molecular weight excluding hydrogens is 298 g/mol. The number of amides is 1. The third kappa shape index (κ3) is 5.32. The van der Waals surface area contributed by atoms with Crippen LogP contribution in [0.2, 0.25) is 0 Å². The highest BCUT2D eigenvalue weighted by Gasteiger charge is 2.32. The summed E-state index contributed by atoms with van der Waals surface area (Å²) < 4.78 is 0. The summed E-state index contributed by atoms with van der Waals surface area (Å²) in [6, 6.07) is 9.56. The van der Waals surface area contributed by atoms with Gasteiger partial charge < -0.3 is 11.1 Å². The van der Waals surface area contributed by atoms with Gasteiger partial charge in [0.1, 0.15) is 0 Å². The van der Waals surface area contributed by atoms with E-state index in [1.165, 1.54) is 6.42 Å². The van der Waals surface area contributed by atoms with Crippen LogP contribution in [0.1, 0.15) is 52.1 Å². The van der Waals surface area contributed by atoms with Gasteiger partial charge in [0.2, 0.25) is 5.91 Å². The van der Waals surface area contributed by atoms with Crippen LogP contribution in [0.4, 0.5) is 0 Å². The van der Waals surface area contributed by atoms with E-state index in [2.05, 4.69) is 37.9 Å². The van der Waals surface area contributed by atoms with Crippen LogP contribution in [0.15, 0.2) is 30.3 Å². The molecule has 0 bridgehead atoms. The van der Waals surface area contributed by atoms with E-state index in [1.807, 2.05) is 30.3 Å². The van der Waals surface area contributed by atoms with Crippen LogP contribution in [-0.2, 0) is 4.79 Å². The van der Waals surface area contributed by atoms with Gasteiger partial charge in [-0.3, -0.25) is 9.69 Å². The first-order chi connectivity index (χ1) is 11.3. The highest BCUT2D eigenvalue weighted by molar-refractivity contribution is 5.76. The number of benzene rings is 1. The molecule has 0 radical (unpaired) electrons. The number of nitrogens with zero attached hydrogens (tertiary/aromatic N) is 1.